The van der Waals surface area contributed by atoms with Crippen molar-refractivity contribution < 1.29 is 4.74 Å². The van der Waals surface area contributed by atoms with Crippen LogP contribution < -0.4 is 11.3 Å². The summed E-state index contributed by atoms with van der Waals surface area (Å²) in [6, 6.07) is 0.0689. The topological polar surface area (TPSA) is 65.1 Å². The molecule has 16 heavy (non-hydrogen) atoms. The van der Waals surface area contributed by atoms with Crippen LogP contribution in [0.4, 0.5) is 0 Å². The zero-order valence-corrected chi connectivity index (χ0v) is 11.1. The lowest BCUT2D eigenvalue weighted by molar-refractivity contribution is 0.0943. The van der Waals surface area contributed by atoms with Gasteiger partial charge in [0.25, 0.3) is 0 Å². The SMILES string of the molecule is CC1OCCC1C(NN)c1c(Br)cnn1C. The number of nitrogens with two attached hydrogens (primary N) is 1. The van der Waals surface area contributed by atoms with E-state index >= 15 is 0 Å². The van der Waals surface area contributed by atoms with Gasteiger partial charge in [-0.2, -0.15) is 5.10 Å². The predicted octanol–water partition coefficient (Wildman–Crippen LogP) is 1.11. The van der Waals surface area contributed by atoms with Gasteiger partial charge in [-0.15, -0.1) is 0 Å². The maximum absolute atomic E-state index is 5.68. The highest BCUT2D eigenvalue weighted by Crippen LogP contribution is 2.35. The second kappa shape index (κ2) is 4.83. The van der Waals surface area contributed by atoms with E-state index in [1.807, 2.05) is 11.7 Å². The van der Waals surface area contributed by atoms with E-state index in [9.17, 15) is 0 Å². The fourth-order valence-corrected chi connectivity index (χ4v) is 2.96. The van der Waals surface area contributed by atoms with E-state index in [-0.39, 0.29) is 12.1 Å². The molecule has 6 heteroatoms. The van der Waals surface area contributed by atoms with E-state index in [2.05, 4.69) is 33.4 Å². The van der Waals surface area contributed by atoms with Crippen molar-refractivity contribution in [2.24, 2.45) is 18.8 Å². The van der Waals surface area contributed by atoms with Crippen molar-refractivity contribution in [2.75, 3.05) is 6.61 Å². The first kappa shape index (κ1) is 12.0. The third kappa shape index (κ3) is 2.02. The first-order chi connectivity index (χ1) is 7.65. The summed E-state index contributed by atoms with van der Waals surface area (Å²) in [5.74, 6) is 6.06. The van der Waals surface area contributed by atoms with Crippen LogP contribution in [0.15, 0.2) is 10.7 Å². The molecule has 2 heterocycles. The van der Waals surface area contributed by atoms with Gasteiger partial charge in [0.1, 0.15) is 0 Å². The van der Waals surface area contributed by atoms with Gasteiger partial charge in [0.15, 0.2) is 0 Å². The molecule has 1 aliphatic rings. The predicted molar refractivity (Wildman–Crippen MR) is 64.5 cm³/mol. The van der Waals surface area contributed by atoms with Crippen molar-refractivity contribution in [2.45, 2.75) is 25.5 Å². The van der Waals surface area contributed by atoms with Crippen LogP contribution in [0.2, 0.25) is 0 Å². The van der Waals surface area contributed by atoms with Crippen LogP contribution in [0.1, 0.15) is 25.1 Å². The highest BCUT2D eigenvalue weighted by Gasteiger charge is 2.34. The molecule has 3 atom stereocenters. The van der Waals surface area contributed by atoms with Gasteiger partial charge in [-0.25, -0.2) is 0 Å². The van der Waals surface area contributed by atoms with E-state index in [4.69, 9.17) is 10.6 Å². The first-order valence-corrected chi connectivity index (χ1v) is 6.19. The molecule has 2 rings (SSSR count). The van der Waals surface area contributed by atoms with E-state index in [0.717, 1.165) is 23.2 Å². The molecule has 0 aliphatic carbocycles. The van der Waals surface area contributed by atoms with Gasteiger partial charge in [0.2, 0.25) is 0 Å². The zero-order chi connectivity index (χ0) is 11.7. The lowest BCUT2D eigenvalue weighted by Gasteiger charge is -2.25. The van der Waals surface area contributed by atoms with Crippen molar-refractivity contribution in [3.05, 3.63) is 16.4 Å². The van der Waals surface area contributed by atoms with Crippen LogP contribution in [0, 0.1) is 5.92 Å². The first-order valence-electron chi connectivity index (χ1n) is 5.40. The Labute approximate surface area is 103 Å². The zero-order valence-electron chi connectivity index (χ0n) is 9.48. The standard InChI is InChI=1S/C10H17BrN4O/c1-6-7(3-4-16-6)9(14-12)10-8(11)5-13-15(10)2/h5-7,9,14H,3-4,12H2,1-2H3. The van der Waals surface area contributed by atoms with Gasteiger partial charge >= 0.3 is 0 Å². The molecule has 1 aliphatic heterocycles. The molecule has 5 nitrogen and oxygen atoms in total. The fraction of sp³-hybridized carbons (Fsp3) is 0.700. The highest BCUT2D eigenvalue weighted by atomic mass is 79.9. The lowest BCUT2D eigenvalue weighted by atomic mass is 9.91. The Kier molecular flexibility index (Phi) is 3.63. The van der Waals surface area contributed by atoms with Crippen molar-refractivity contribution in [1.82, 2.24) is 15.2 Å². The van der Waals surface area contributed by atoms with Crippen LogP contribution in [0.25, 0.3) is 0 Å². The fourth-order valence-electron chi connectivity index (χ4n) is 2.36. The summed E-state index contributed by atoms with van der Waals surface area (Å²) >= 11 is 3.51. The minimum atomic E-state index is 0.0689. The Morgan fingerprint density at radius 2 is 2.50 bits per heavy atom. The number of aryl methyl sites for hydroxylation is 1. The summed E-state index contributed by atoms with van der Waals surface area (Å²) in [5.41, 5.74) is 3.96. The molecule has 1 aromatic rings. The highest BCUT2D eigenvalue weighted by molar-refractivity contribution is 9.10. The third-order valence-electron chi connectivity index (χ3n) is 3.27. The van der Waals surface area contributed by atoms with Gasteiger partial charge < -0.3 is 4.74 Å². The van der Waals surface area contributed by atoms with Gasteiger partial charge in [-0.1, -0.05) is 0 Å². The number of hydrogen-bond acceptors (Lipinski definition) is 4. The van der Waals surface area contributed by atoms with Crippen molar-refractivity contribution in [1.29, 1.82) is 0 Å². The number of ether oxygens (including phenoxy) is 1. The van der Waals surface area contributed by atoms with Crippen LogP contribution in [0.3, 0.4) is 0 Å². The van der Waals surface area contributed by atoms with E-state index in [1.54, 1.807) is 6.20 Å². The summed E-state index contributed by atoms with van der Waals surface area (Å²) < 4.78 is 8.42. The average Bonchev–Trinajstić information content (AvgIpc) is 2.80. The van der Waals surface area contributed by atoms with Crippen LogP contribution >= 0.6 is 15.9 Å². The van der Waals surface area contributed by atoms with Crippen molar-refractivity contribution in [3.8, 4) is 0 Å². The molecular formula is C10H17BrN4O. The molecule has 1 saturated heterocycles. The number of hydrogen-bond donors (Lipinski definition) is 2. The summed E-state index contributed by atoms with van der Waals surface area (Å²) in [5, 5.41) is 4.21. The van der Waals surface area contributed by atoms with Crippen LogP contribution in [-0.2, 0) is 11.8 Å². The van der Waals surface area contributed by atoms with Gasteiger partial charge in [-0.05, 0) is 29.3 Å². The summed E-state index contributed by atoms with van der Waals surface area (Å²) in [7, 11) is 1.92. The Morgan fingerprint density at radius 3 is 2.94 bits per heavy atom. The number of halogens is 1. The van der Waals surface area contributed by atoms with E-state index in [1.165, 1.54) is 0 Å². The molecule has 90 valence electrons. The quantitative estimate of drug-likeness (QED) is 0.646. The summed E-state index contributed by atoms with van der Waals surface area (Å²) in [4.78, 5) is 0. The van der Waals surface area contributed by atoms with Crippen LogP contribution in [0.5, 0.6) is 0 Å². The number of nitrogens with one attached hydrogen (secondary N) is 1. The third-order valence-corrected chi connectivity index (χ3v) is 3.89. The molecule has 0 saturated carbocycles. The summed E-state index contributed by atoms with van der Waals surface area (Å²) in [6.45, 7) is 2.89. The molecule has 0 spiro atoms. The minimum absolute atomic E-state index is 0.0689. The van der Waals surface area contributed by atoms with Crippen molar-refractivity contribution >= 4 is 15.9 Å². The maximum Gasteiger partial charge on any atom is 0.0709 e. The molecule has 1 fully saturated rings. The summed E-state index contributed by atoms with van der Waals surface area (Å²) in [6.07, 6.45) is 3.04. The van der Waals surface area contributed by atoms with Crippen LogP contribution in [-0.4, -0.2) is 22.5 Å². The van der Waals surface area contributed by atoms with Gasteiger partial charge in [0.05, 0.1) is 28.5 Å². The molecule has 0 bridgehead atoms. The Balaban J connectivity index is 2.28. The lowest BCUT2D eigenvalue weighted by Crippen LogP contribution is -2.37. The monoisotopic (exact) mass is 288 g/mol. The van der Waals surface area contributed by atoms with Crippen molar-refractivity contribution in [3.63, 3.8) is 0 Å². The van der Waals surface area contributed by atoms with E-state index in [0.29, 0.717) is 5.92 Å². The largest absolute Gasteiger partial charge is 0.378 e. The molecule has 0 radical (unpaired) electrons. The second-order valence-corrected chi connectivity index (χ2v) is 5.03. The van der Waals surface area contributed by atoms with Gasteiger partial charge in [-0.3, -0.25) is 16.0 Å². The molecule has 3 N–H and O–H groups in total. The minimum Gasteiger partial charge on any atom is -0.378 e. The number of rotatable bonds is 3. The normalized spacial score (nSPS) is 27.2. The smallest absolute Gasteiger partial charge is 0.0709 e. The Bertz CT molecular complexity index is 348. The number of nitrogens with zero attached hydrogens (tertiary/aromatic N) is 2. The second-order valence-electron chi connectivity index (χ2n) is 4.17. The number of aromatic nitrogens is 2. The Morgan fingerprint density at radius 1 is 1.75 bits per heavy atom. The molecular weight excluding hydrogens is 272 g/mol. The molecule has 0 aromatic carbocycles. The molecule has 3 unspecified atom stereocenters. The molecule has 0 amide bonds. The average molecular weight is 289 g/mol. The Hall–Kier alpha value is -0.430. The number of hydrazine groups is 1. The maximum atomic E-state index is 5.68. The molecule has 1 aromatic heterocycles. The van der Waals surface area contributed by atoms with Gasteiger partial charge in [0, 0.05) is 19.6 Å². The van der Waals surface area contributed by atoms with E-state index < -0.39 is 0 Å².